The van der Waals surface area contributed by atoms with Gasteiger partial charge < -0.3 is 5.73 Å². The molecule has 0 fully saturated rings. The van der Waals surface area contributed by atoms with Crippen LogP contribution in [0.4, 0.5) is 5.69 Å². The van der Waals surface area contributed by atoms with Gasteiger partial charge in [-0.1, -0.05) is 37.0 Å². The molecule has 0 aromatic carbocycles. The number of rotatable bonds is 1. The molecule has 0 atom stereocenters. The summed E-state index contributed by atoms with van der Waals surface area (Å²) in [5.41, 5.74) is 6.84. The van der Waals surface area contributed by atoms with Crippen LogP contribution in [0.1, 0.15) is 25.5 Å². The normalized spacial score (nSPS) is 10.8. The van der Waals surface area contributed by atoms with E-state index < -0.39 is 0 Å². The summed E-state index contributed by atoms with van der Waals surface area (Å²) in [6.45, 7) is 3.98. The van der Waals surface area contributed by atoms with E-state index in [1.54, 1.807) is 6.07 Å². The summed E-state index contributed by atoms with van der Waals surface area (Å²) < 4.78 is 0. The first-order valence-electron chi connectivity index (χ1n) is 3.63. The van der Waals surface area contributed by atoms with Crippen molar-refractivity contribution in [3.05, 3.63) is 21.9 Å². The van der Waals surface area contributed by atoms with Crippen LogP contribution < -0.4 is 5.73 Å². The third kappa shape index (κ3) is 1.82. The average molecular weight is 205 g/mol. The molecule has 0 spiro atoms. The van der Waals surface area contributed by atoms with Crippen molar-refractivity contribution in [3.63, 3.8) is 0 Å². The monoisotopic (exact) mass is 204 g/mol. The molecule has 66 valence electrons. The van der Waals surface area contributed by atoms with E-state index in [-0.39, 0.29) is 5.92 Å². The molecular formula is C8H10Cl2N2. The first-order chi connectivity index (χ1) is 5.52. The zero-order valence-corrected chi connectivity index (χ0v) is 8.45. The first kappa shape index (κ1) is 9.62. The van der Waals surface area contributed by atoms with Crippen LogP contribution in [-0.2, 0) is 0 Å². The Kier molecular flexibility index (Phi) is 2.80. The fraction of sp³-hybridized carbons (Fsp3) is 0.375. The van der Waals surface area contributed by atoms with Gasteiger partial charge in [0.2, 0.25) is 0 Å². The van der Waals surface area contributed by atoms with E-state index in [9.17, 15) is 0 Å². The zero-order valence-electron chi connectivity index (χ0n) is 6.94. The van der Waals surface area contributed by atoms with Crippen LogP contribution in [0.15, 0.2) is 6.07 Å². The van der Waals surface area contributed by atoms with Gasteiger partial charge in [-0.15, -0.1) is 0 Å². The molecule has 0 aliphatic heterocycles. The third-order valence-electron chi connectivity index (χ3n) is 1.53. The molecule has 1 aromatic rings. The zero-order chi connectivity index (χ0) is 9.30. The topological polar surface area (TPSA) is 38.9 Å². The smallest absolute Gasteiger partial charge is 0.131 e. The quantitative estimate of drug-likeness (QED) is 0.715. The summed E-state index contributed by atoms with van der Waals surface area (Å²) in [5, 5.41) is 0.898. The van der Waals surface area contributed by atoms with Crippen LogP contribution in [0.5, 0.6) is 0 Å². The lowest BCUT2D eigenvalue weighted by Gasteiger charge is -2.08. The van der Waals surface area contributed by atoms with Crippen molar-refractivity contribution in [2.75, 3.05) is 5.73 Å². The molecule has 2 N–H and O–H groups in total. The molecule has 4 heteroatoms. The van der Waals surface area contributed by atoms with Gasteiger partial charge in [0.05, 0.1) is 16.4 Å². The van der Waals surface area contributed by atoms with Gasteiger partial charge in [0, 0.05) is 0 Å². The molecule has 1 rings (SSSR count). The minimum Gasteiger partial charge on any atom is -0.397 e. The highest BCUT2D eigenvalue weighted by molar-refractivity contribution is 6.35. The lowest BCUT2D eigenvalue weighted by molar-refractivity contribution is 0.824. The fourth-order valence-electron chi connectivity index (χ4n) is 0.919. The Labute approximate surface area is 81.7 Å². The van der Waals surface area contributed by atoms with Gasteiger partial charge in [0.1, 0.15) is 5.15 Å². The Balaban J connectivity index is 3.28. The number of pyridine rings is 1. The number of hydrogen-bond donors (Lipinski definition) is 1. The van der Waals surface area contributed by atoms with E-state index in [0.29, 0.717) is 15.9 Å². The fourth-order valence-corrected chi connectivity index (χ4v) is 1.44. The molecular weight excluding hydrogens is 195 g/mol. The maximum atomic E-state index is 5.91. The number of nitrogens with two attached hydrogens (primary N) is 1. The minimum absolute atomic E-state index is 0.235. The van der Waals surface area contributed by atoms with E-state index in [2.05, 4.69) is 4.98 Å². The molecule has 1 aromatic heterocycles. The van der Waals surface area contributed by atoms with Crippen molar-refractivity contribution in [1.82, 2.24) is 4.98 Å². The first-order valence-corrected chi connectivity index (χ1v) is 4.39. The number of nitrogens with zero attached hydrogens (tertiary/aromatic N) is 1. The van der Waals surface area contributed by atoms with Gasteiger partial charge in [-0.05, 0) is 12.0 Å². The number of hydrogen-bond acceptors (Lipinski definition) is 2. The van der Waals surface area contributed by atoms with Gasteiger partial charge in [-0.2, -0.15) is 0 Å². The Morgan fingerprint density at radius 3 is 2.50 bits per heavy atom. The molecule has 0 bridgehead atoms. The Bertz CT molecular complexity index is 297. The molecule has 2 nitrogen and oxygen atoms in total. The number of halogens is 2. The van der Waals surface area contributed by atoms with E-state index >= 15 is 0 Å². The van der Waals surface area contributed by atoms with Gasteiger partial charge in [0.15, 0.2) is 0 Å². The second-order valence-corrected chi connectivity index (χ2v) is 3.65. The molecule has 0 saturated heterocycles. The minimum atomic E-state index is 0.235. The molecule has 0 saturated carbocycles. The number of nitrogen functional groups attached to an aromatic ring is 1. The number of anilines is 1. The molecule has 0 unspecified atom stereocenters. The number of aromatic nitrogens is 1. The summed E-state index contributed by atoms with van der Waals surface area (Å²) in [7, 11) is 0. The van der Waals surface area contributed by atoms with E-state index in [1.165, 1.54) is 0 Å². The molecule has 0 aliphatic carbocycles. The van der Waals surface area contributed by atoms with Gasteiger partial charge >= 0.3 is 0 Å². The van der Waals surface area contributed by atoms with Crippen LogP contribution in [0.3, 0.4) is 0 Å². The van der Waals surface area contributed by atoms with Crippen molar-refractivity contribution in [3.8, 4) is 0 Å². The van der Waals surface area contributed by atoms with E-state index in [1.807, 2.05) is 13.8 Å². The second-order valence-electron chi connectivity index (χ2n) is 2.89. The van der Waals surface area contributed by atoms with Crippen LogP contribution >= 0.6 is 23.2 Å². The maximum Gasteiger partial charge on any atom is 0.131 e. The summed E-state index contributed by atoms with van der Waals surface area (Å²) in [4.78, 5) is 4.09. The SMILES string of the molecule is CC(C)c1nc(Cl)cc(N)c1Cl. The Morgan fingerprint density at radius 2 is 2.00 bits per heavy atom. The van der Waals surface area contributed by atoms with Gasteiger partial charge in [-0.25, -0.2) is 4.98 Å². The Hall–Kier alpha value is -0.470. The molecule has 0 radical (unpaired) electrons. The Morgan fingerprint density at radius 1 is 1.42 bits per heavy atom. The van der Waals surface area contributed by atoms with Crippen LogP contribution in [0.2, 0.25) is 10.2 Å². The van der Waals surface area contributed by atoms with Gasteiger partial charge in [0.25, 0.3) is 0 Å². The van der Waals surface area contributed by atoms with Crippen molar-refractivity contribution in [1.29, 1.82) is 0 Å². The van der Waals surface area contributed by atoms with Crippen molar-refractivity contribution in [2.45, 2.75) is 19.8 Å². The summed E-state index contributed by atoms with van der Waals surface area (Å²) >= 11 is 11.6. The largest absolute Gasteiger partial charge is 0.397 e. The molecule has 12 heavy (non-hydrogen) atoms. The van der Waals surface area contributed by atoms with Crippen molar-refractivity contribution in [2.24, 2.45) is 0 Å². The van der Waals surface area contributed by atoms with Crippen molar-refractivity contribution >= 4 is 28.9 Å². The summed E-state index contributed by atoms with van der Waals surface area (Å²) in [6.07, 6.45) is 0. The maximum absolute atomic E-state index is 5.91. The van der Waals surface area contributed by atoms with Crippen molar-refractivity contribution < 1.29 is 0 Å². The average Bonchev–Trinajstić information content (AvgIpc) is 1.96. The highest BCUT2D eigenvalue weighted by atomic mass is 35.5. The van der Waals surface area contributed by atoms with E-state index in [0.717, 1.165) is 5.69 Å². The molecule has 0 aliphatic rings. The lowest BCUT2D eigenvalue weighted by Crippen LogP contribution is -1.98. The standard InChI is InChI=1S/C8H10Cl2N2/c1-4(2)8-7(10)5(11)3-6(9)12-8/h3-4H,1-2H3,(H2,11,12). The molecule has 0 amide bonds. The van der Waals surface area contributed by atoms with Crippen LogP contribution in [0, 0.1) is 0 Å². The van der Waals surface area contributed by atoms with Crippen LogP contribution in [0.25, 0.3) is 0 Å². The third-order valence-corrected chi connectivity index (χ3v) is 2.13. The molecule has 1 heterocycles. The second kappa shape index (κ2) is 3.50. The predicted octanol–water partition coefficient (Wildman–Crippen LogP) is 3.09. The van der Waals surface area contributed by atoms with Gasteiger partial charge in [-0.3, -0.25) is 0 Å². The highest BCUT2D eigenvalue weighted by Crippen LogP contribution is 2.29. The van der Waals surface area contributed by atoms with Crippen LogP contribution in [-0.4, -0.2) is 4.98 Å². The van der Waals surface area contributed by atoms with E-state index in [4.69, 9.17) is 28.9 Å². The predicted molar refractivity (Wildman–Crippen MR) is 52.8 cm³/mol. The lowest BCUT2D eigenvalue weighted by atomic mass is 10.1. The summed E-state index contributed by atoms with van der Waals surface area (Å²) in [6, 6.07) is 1.55. The highest BCUT2D eigenvalue weighted by Gasteiger charge is 2.10. The summed E-state index contributed by atoms with van der Waals surface area (Å²) in [5.74, 6) is 0.235.